The number of hydrogen-bond donors (Lipinski definition) is 1. The Hall–Kier alpha value is -0.580. The first-order chi connectivity index (χ1) is 8.20. The van der Waals surface area contributed by atoms with Gasteiger partial charge in [0.05, 0.1) is 6.61 Å². The number of nitrogens with zero attached hydrogens (tertiary/aromatic N) is 1. The second-order valence-electron chi connectivity index (χ2n) is 4.69. The molecule has 0 aliphatic carbocycles. The van der Waals surface area contributed by atoms with Crippen LogP contribution in [0.15, 0.2) is 22.7 Å². The fraction of sp³-hybridized carbons (Fsp3) is 0.538. The van der Waals surface area contributed by atoms with Crippen molar-refractivity contribution < 1.29 is 4.84 Å². The van der Waals surface area contributed by atoms with Crippen molar-refractivity contribution in [2.75, 3.05) is 24.6 Å². The first-order valence-corrected chi connectivity index (χ1v) is 6.83. The van der Waals surface area contributed by atoms with E-state index in [1.807, 2.05) is 0 Å². The zero-order valence-electron chi connectivity index (χ0n) is 10.2. The molecule has 0 amide bonds. The second kappa shape index (κ2) is 5.85. The van der Waals surface area contributed by atoms with Crippen molar-refractivity contribution in [2.45, 2.75) is 19.8 Å². The van der Waals surface area contributed by atoms with Crippen LogP contribution in [0.4, 0.5) is 5.69 Å². The average Bonchev–Trinajstić information content (AvgIpc) is 2.31. The van der Waals surface area contributed by atoms with Gasteiger partial charge in [-0.15, -0.1) is 0 Å². The van der Waals surface area contributed by atoms with Crippen LogP contribution in [-0.2, 0) is 4.84 Å². The maximum atomic E-state index is 5.13. The van der Waals surface area contributed by atoms with Gasteiger partial charge in [-0.1, -0.05) is 15.9 Å². The molecule has 0 saturated carbocycles. The Labute approximate surface area is 111 Å². The maximum absolute atomic E-state index is 5.13. The van der Waals surface area contributed by atoms with Crippen LogP contribution in [0.5, 0.6) is 0 Å². The lowest BCUT2D eigenvalue weighted by atomic mass is 9.97. The molecule has 94 valence electrons. The van der Waals surface area contributed by atoms with Crippen molar-refractivity contribution in [3.63, 3.8) is 0 Å². The summed E-state index contributed by atoms with van der Waals surface area (Å²) in [5.41, 5.74) is 2.67. The molecule has 0 radical (unpaired) electrons. The number of hydrogen-bond acceptors (Lipinski definition) is 3. The molecule has 0 spiro atoms. The molecule has 2 rings (SSSR count). The Morgan fingerprint density at radius 1 is 1.41 bits per heavy atom. The topological polar surface area (TPSA) is 38.5 Å². The number of benzene rings is 1. The molecule has 0 atom stereocenters. The van der Waals surface area contributed by atoms with Crippen molar-refractivity contribution in [3.8, 4) is 0 Å². The molecule has 1 aliphatic rings. The normalized spacial score (nSPS) is 17.5. The van der Waals surface area contributed by atoms with Crippen LogP contribution >= 0.6 is 15.9 Å². The summed E-state index contributed by atoms with van der Waals surface area (Å²) in [6.45, 7) is 5.04. The van der Waals surface area contributed by atoms with E-state index in [9.17, 15) is 0 Å². The number of aryl methyl sites for hydroxylation is 1. The Morgan fingerprint density at radius 3 is 2.71 bits per heavy atom. The largest absolute Gasteiger partial charge is 0.371 e. The first kappa shape index (κ1) is 12.9. The van der Waals surface area contributed by atoms with Crippen LogP contribution in [0.2, 0.25) is 0 Å². The molecule has 0 unspecified atom stereocenters. The van der Waals surface area contributed by atoms with Gasteiger partial charge in [-0.05, 0) is 49.4 Å². The van der Waals surface area contributed by atoms with E-state index in [0.717, 1.165) is 30.4 Å². The fourth-order valence-electron chi connectivity index (χ4n) is 2.45. The highest BCUT2D eigenvalue weighted by molar-refractivity contribution is 9.10. The number of nitrogens with two attached hydrogens (primary N) is 1. The van der Waals surface area contributed by atoms with E-state index in [-0.39, 0.29) is 0 Å². The molecule has 0 aromatic heterocycles. The van der Waals surface area contributed by atoms with Gasteiger partial charge in [0.2, 0.25) is 0 Å². The SMILES string of the molecule is Cc1cc(Br)ccc1N1CCC(CON)CC1. The highest BCUT2D eigenvalue weighted by Gasteiger charge is 2.20. The predicted octanol–water partition coefficient (Wildman–Crippen LogP) is 2.86. The molecular formula is C13H19BrN2O. The molecule has 4 heteroatoms. The summed E-state index contributed by atoms with van der Waals surface area (Å²) < 4.78 is 1.14. The molecule has 0 bridgehead atoms. The molecule has 1 saturated heterocycles. The van der Waals surface area contributed by atoms with E-state index >= 15 is 0 Å². The zero-order valence-corrected chi connectivity index (χ0v) is 11.7. The molecule has 1 aromatic rings. The van der Waals surface area contributed by atoms with E-state index in [1.54, 1.807) is 0 Å². The molecule has 2 N–H and O–H groups in total. The van der Waals surface area contributed by atoms with E-state index < -0.39 is 0 Å². The monoisotopic (exact) mass is 298 g/mol. The van der Waals surface area contributed by atoms with Gasteiger partial charge in [0.15, 0.2) is 0 Å². The van der Waals surface area contributed by atoms with Crippen molar-refractivity contribution in [1.82, 2.24) is 0 Å². The highest BCUT2D eigenvalue weighted by Crippen LogP contribution is 2.28. The fourth-order valence-corrected chi connectivity index (χ4v) is 2.93. The van der Waals surface area contributed by atoms with Crippen molar-refractivity contribution >= 4 is 21.6 Å². The smallest absolute Gasteiger partial charge is 0.0708 e. The second-order valence-corrected chi connectivity index (χ2v) is 5.61. The quantitative estimate of drug-likeness (QED) is 0.872. The minimum Gasteiger partial charge on any atom is -0.371 e. The van der Waals surface area contributed by atoms with Crippen LogP contribution in [0, 0.1) is 12.8 Å². The summed E-state index contributed by atoms with van der Waals surface area (Å²) in [4.78, 5) is 7.19. The minimum absolute atomic E-state index is 0.618. The van der Waals surface area contributed by atoms with Gasteiger partial charge in [0, 0.05) is 23.2 Å². The van der Waals surface area contributed by atoms with E-state index in [1.165, 1.54) is 11.3 Å². The van der Waals surface area contributed by atoms with Crippen LogP contribution in [0.3, 0.4) is 0 Å². The summed E-state index contributed by atoms with van der Waals surface area (Å²) in [6, 6.07) is 6.47. The standard InChI is InChI=1S/C13H19BrN2O/c1-10-8-12(14)2-3-13(10)16-6-4-11(5-7-16)9-17-15/h2-3,8,11H,4-7,9,15H2,1H3. The van der Waals surface area contributed by atoms with Crippen molar-refractivity contribution in [3.05, 3.63) is 28.2 Å². The maximum Gasteiger partial charge on any atom is 0.0708 e. The predicted molar refractivity (Wildman–Crippen MR) is 74.0 cm³/mol. The van der Waals surface area contributed by atoms with E-state index in [4.69, 9.17) is 10.7 Å². The summed E-state index contributed by atoms with van der Waals surface area (Å²) in [5, 5.41) is 0. The molecule has 17 heavy (non-hydrogen) atoms. The molecule has 1 fully saturated rings. The molecular weight excluding hydrogens is 280 g/mol. The van der Waals surface area contributed by atoms with Gasteiger partial charge in [-0.2, -0.15) is 0 Å². The van der Waals surface area contributed by atoms with Crippen molar-refractivity contribution in [2.24, 2.45) is 11.8 Å². The van der Waals surface area contributed by atoms with E-state index in [2.05, 4.69) is 46.0 Å². The lowest BCUT2D eigenvalue weighted by Gasteiger charge is -2.34. The third-order valence-corrected chi connectivity index (χ3v) is 3.94. The first-order valence-electron chi connectivity index (χ1n) is 6.03. The Balaban J connectivity index is 2.00. The van der Waals surface area contributed by atoms with Gasteiger partial charge in [0.25, 0.3) is 0 Å². The minimum atomic E-state index is 0.618. The lowest BCUT2D eigenvalue weighted by molar-refractivity contribution is 0.0918. The Kier molecular flexibility index (Phi) is 4.42. The average molecular weight is 299 g/mol. The van der Waals surface area contributed by atoms with Gasteiger partial charge < -0.3 is 9.74 Å². The Bertz CT molecular complexity index is 376. The van der Waals surface area contributed by atoms with Gasteiger partial charge in [-0.25, -0.2) is 5.90 Å². The number of halogens is 1. The Morgan fingerprint density at radius 2 is 2.12 bits per heavy atom. The number of anilines is 1. The third-order valence-electron chi connectivity index (χ3n) is 3.45. The van der Waals surface area contributed by atoms with Crippen molar-refractivity contribution in [1.29, 1.82) is 0 Å². The van der Waals surface area contributed by atoms with Crippen LogP contribution in [0.1, 0.15) is 18.4 Å². The summed E-state index contributed by atoms with van der Waals surface area (Å²) in [6.07, 6.45) is 2.32. The summed E-state index contributed by atoms with van der Waals surface area (Å²) in [7, 11) is 0. The molecule has 1 heterocycles. The number of rotatable bonds is 3. The van der Waals surface area contributed by atoms with Gasteiger partial charge in [0.1, 0.15) is 0 Å². The molecule has 1 aliphatic heterocycles. The highest BCUT2D eigenvalue weighted by atomic mass is 79.9. The van der Waals surface area contributed by atoms with Gasteiger partial charge >= 0.3 is 0 Å². The van der Waals surface area contributed by atoms with Crippen LogP contribution < -0.4 is 10.8 Å². The van der Waals surface area contributed by atoms with Gasteiger partial charge in [-0.3, -0.25) is 0 Å². The third kappa shape index (κ3) is 3.21. The summed E-state index contributed by atoms with van der Waals surface area (Å²) in [5.74, 6) is 5.74. The van der Waals surface area contributed by atoms with E-state index in [0.29, 0.717) is 12.5 Å². The van der Waals surface area contributed by atoms with Crippen LogP contribution in [-0.4, -0.2) is 19.7 Å². The zero-order chi connectivity index (χ0) is 12.3. The molecule has 1 aromatic carbocycles. The molecule has 3 nitrogen and oxygen atoms in total. The lowest BCUT2D eigenvalue weighted by Crippen LogP contribution is -2.35. The number of piperidine rings is 1. The van der Waals surface area contributed by atoms with Crippen LogP contribution in [0.25, 0.3) is 0 Å². The summed E-state index contributed by atoms with van der Waals surface area (Å²) >= 11 is 3.50.